The maximum absolute atomic E-state index is 12.4. The average molecular weight is 331 g/mol. The zero-order chi connectivity index (χ0) is 17.0. The van der Waals surface area contributed by atoms with Gasteiger partial charge in [-0.2, -0.15) is 0 Å². The topological polar surface area (TPSA) is 57.5 Å². The highest BCUT2D eigenvalue weighted by Gasteiger charge is 2.18. The van der Waals surface area contributed by atoms with E-state index in [1.807, 2.05) is 19.1 Å². The smallest absolute Gasteiger partial charge is 0.167 e. The van der Waals surface area contributed by atoms with Crippen LogP contribution in [0.1, 0.15) is 40.7 Å². The van der Waals surface area contributed by atoms with Crippen molar-refractivity contribution < 1.29 is 15.0 Å². The van der Waals surface area contributed by atoms with E-state index in [0.717, 1.165) is 5.56 Å². The molecule has 4 heteroatoms. The fourth-order valence-electron chi connectivity index (χ4n) is 2.37. The van der Waals surface area contributed by atoms with Crippen LogP contribution >= 0.6 is 11.6 Å². The van der Waals surface area contributed by atoms with Gasteiger partial charge in [0.2, 0.25) is 0 Å². The van der Waals surface area contributed by atoms with Crippen molar-refractivity contribution in [1.29, 1.82) is 0 Å². The fraction of sp³-hybridized carbons (Fsp3) is 0.211. The number of benzene rings is 2. The standard InChI is InChI=1S/C19H19ClO3/c1-3-12(2)16-10-15(21)11-17(19(16)23)18(22)9-6-13-4-7-14(20)8-5-13/h3-5,7-8,10-12,21,23H,1,6,9H2,2H3. The third kappa shape index (κ3) is 4.14. The second-order valence-corrected chi connectivity index (χ2v) is 5.94. The minimum absolute atomic E-state index is 0.0404. The number of aromatic hydroxyl groups is 2. The van der Waals surface area contributed by atoms with Crippen LogP contribution in [0.3, 0.4) is 0 Å². The molecule has 0 spiro atoms. The Balaban J connectivity index is 2.20. The Hall–Kier alpha value is -2.26. The molecule has 0 radical (unpaired) electrons. The number of hydrogen-bond donors (Lipinski definition) is 2. The van der Waals surface area contributed by atoms with Gasteiger partial charge in [0.25, 0.3) is 0 Å². The quantitative estimate of drug-likeness (QED) is 0.452. The SMILES string of the molecule is C=CC(C)c1cc(O)cc(C(=O)CCc2ccc(Cl)cc2)c1O. The molecule has 0 heterocycles. The predicted molar refractivity (Wildman–Crippen MR) is 92.5 cm³/mol. The van der Waals surface area contributed by atoms with E-state index in [2.05, 4.69) is 6.58 Å². The molecule has 0 saturated carbocycles. The summed E-state index contributed by atoms with van der Waals surface area (Å²) in [6.45, 7) is 5.51. The second kappa shape index (κ2) is 7.34. The number of phenols is 2. The van der Waals surface area contributed by atoms with E-state index < -0.39 is 0 Å². The lowest BCUT2D eigenvalue weighted by Crippen LogP contribution is -2.04. The van der Waals surface area contributed by atoms with Gasteiger partial charge >= 0.3 is 0 Å². The Morgan fingerprint density at radius 1 is 1.26 bits per heavy atom. The fourth-order valence-corrected chi connectivity index (χ4v) is 2.50. The van der Waals surface area contributed by atoms with Crippen LogP contribution < -0.4 is 0 Å². The van der Waals surface area contributed by atoms with Crippen LogP contribution in [-0.2, 0) is 6.42 Å². The van der Waals surface area contributed by atoms with Crippen LogP contribution in [0.4, 0.5) is 0 Å². The van der Waals surface area contributed by atoms with Crippen LogP contribution in [0.5, 0.6) is 11.5 Å². The van der Waals surface area contributed by atoms with Gasteiger partial charge < -0.3 is 10.2 Å². The Kier molecular flexibility index (Phi) is 5.45. The van der Waals surface area contributed by atoms with Crippen molar-refractivity contribution in [3.63, 3.8) is 0 Å². The Morgan fingerprint density at radius 2 is 1.91 bits per heavy atom. The van der Waals surface area contributed by atoms with Crippen molar-refractivity contribution in [1.82, 2.24) is 0 Å². The molecule has 2 N–H and O–H groups in total. The number of Topliss-reactive ketones (excluding diaryl/α,β-unsaturated/α-hetero) is 1. The first kappa shape index (κ1) is 17.1. The highest BCUT2D eigenvalue weighted by Crippen LogP contribution is 2.34. The molecule has 1 unspecified atom stereocenters. The number of halogens is 1. The van der Waals surface area contributed by atoms with E-state index in [0.29, 0.717) is 17.0 Å². The van der Waals surface area contributed by atoms with Crippen molar-refractivity contribution in [2.24, 2.45) is 0 Å². The maximum atomic E-state index is 12.4. The van der Waals surface area contributed by atoms with E-state index >= 15 is 0 Å². The number of carbonyl (C=O) groups excluding carboxylic acids is 1. The zero-order valence-corrected chi connectivity index (χ0v) is 13.7. The summed E-state index contributed by atoms with van der Waals surface area (Å²) >= 11 is 5.83. The minimum Gasteiger partial charge on any atom is -0.508 e. The summed E-state index contributed by atoms with van der Waals surface area (Å²) in [5.74, 6) is -0.506. The number of hydrogen-bond acceptors (Lipinski definition) is 3. The predicted octanol–water partition coefficient (Wildman–Crippen LogP) is 4.86. The molecule has 0 aliphatic carbocycles. The normalized spacial score (nSPS) is 11.9. The Labute approximate surface area is 140 Å². The van der Waals surface area contributed by atoms with Gasteiger partial charge in [0.05, 0.1) is 5.56 Å². The number of phenolic OH excluding ortho intramolecular Hbond substituents is 2. The molecular weight excluding hydrogens is 312 g/mol. The van der Waals surface area contributed by atoms with Gasteiger partial charge in [-0.3, -0.25) is 4.79 Å². The second-order valence-electron chi connectivity index (χ2n) is 5.51. The number of carbonyl (C=O) groups is 1. The lowest BCUT2D eigenvalue weighted by molar-refractivity contribution is 0.0979. The van der Waals surface area contributed by atoms with Crippen LogP contribution in [0.2, 0.25) is 5.02 Å². The van der Waals surface area contributed by atoms with Crippen molar-refractivity contribution >= 4 is 17.4 Å². The lowest BCUT2D eigenvalue weighted by Gasteiger charge is -2.13. The highest BCUT2D eigenvalue weighted by molar-refractivity contribution is 6.30. The van der Waals surface area contributed by atoms with E-state index in [1.165, 1.54) is 12.1 Å². The molecule has 0 bridgehead atoms. The van der Waals surface area contributed by atoms with Gasteiger partial charge in [-0.15, -0.1) is 6.58 Å². The first-order valence-electron chi connectivity index (χ1n) is 7.38. The van der Waals surface area contributed by atoms with Crippen molar-refractivity contribution in [3.8, 4) is 11.5 Å². The molecule has 0 saturated heterocycles. The van der Waals surface area contributed by atoms with Crippen LogP contribution in [0.15, 0.2) is 49.1 Å². The van der Waals surface area contributed by atoms with Gasteiger partial charge in [-0.1, -0.05) is 36.7 Å². The molecule has 3 nitrogen and oxygen atoms in total. The van der Waals surface area contributed by atoms with Gasteiger partial charge in [0.1, 0.15) is 11.5 Å². The zero-order valence-electron chi connectivity index (χ0n) is 12.9. The van der Waals surface area contributed by atoms with Crippen LogP contribution in [0, 0.1) is 0 Å². The molecule has 0 aromatic heterocycles. The monoisotopic (exact) mass is 330 g/mol. The molecule has 0 aliphatic rings. The summed E-state index contributed by atoms with van der Waals surface area (Å²) < 4.78 is 0. The van der Waals surface area contributed by atoms with Gasteiger partial charge in [0, 0.05) is 22.9 Å². The van der Waals surface area contributed by atoms with Gasteiger partial charge in [0.15, 0.2) is 5.78 Å². The molecular formula is C19H19ClO3. The molecule has 0 fully saturated rings. The van der Waals surface area contributed by atoms with Crippen molar-refractivity contribution in [2.75, 3.05) is 0 Å². The molecule has 0 amide bonds. The molecule has 0 aliphatic heterocycles. The number of allylic oxidation sites excluding steroid dienone is 1. The minimum atomic E-state index is -0.217. The van der Waals surface area contributed by atoms with Gasteiger partial charge in [-0.05, 0) is 36.2 Å². The van der Waals surface area contributed by atoms with Crippen LogP contribution in [0.25, 0.3) is 0 Å². The summed E-state index contributed by atoms with van der Waals surface area (Å²) in [5.41, 5.74) is 1.62. The molecule has 1 atom stereocenters. The van der Waals surface area contributed by atoms with Crippen molar-refractivity contribution in [2.45, 2.75) is 25.7 Å². The first-order valence-corrected chi connectivity index (χ1v) is 7.76. The molecule has 2 aromatic rings. The summed E-state index contributed by atoms with van der Waals surface area (Å²) in [4.78, 5) is 12.4. The first-order chi connectivity index (χ1) is 10.9. The lowest BCUT2D eigenvalue weighted by atomic mass is 9.94. The summed E-state index contributed by atoms with van der Waals surface area (Å²) in [5, 5.41) is 20.8. The van der Waals surface area contributed by atoms with E-state index in [9.17, 15) is 15.0 Å². The van der Waals surface area contributed by atoms with E-state index in [4.69, 9.17) is 11.6 Å². The number of rotatable bonds is 6. The van der Waals surface area contributed by atoms with E-state index in [-0.39, 0.29) is 35.2 Å². The van der Waals surface area contributed by atoms with Gasteiger partial charge in [-0.25, -0.2) is 0 Å². The molecule has 23 heavy (non-hydrogen) atoms. The van der Waals surface area contributed by atoms with Crippen molar-refractivity contribution in [3.05, 3.63) is 70.8 Å². The summed E-state index contributed by atoms with van der Waals surface area (Å²) in [7, 11) is 0. The third-order valence-electron chi connectivity index (χ3n) is 3.82. The third-order valence-corrected chi connectivity index (χ3v) is 4.07. The maximum Gasteiger partial charge on any atom is 0.167 e. The Bertz CT molecular complexity index is 720. The number of ketones is 1. The van der Waals surface area contributed by atoms with E-state index in [1.54, 1.807) is 18.2 Å². The average Bonchev–Trinajstić information content (AvgIpc) is 2.55. The molecule has 120 valence electrons. The highest BCUT2D eigenvalue weighted by atomic mass is 35.5. The molecule has 2 aromatic carbocycles. The summed E-state index contributed by atoms with van der Waals surface area (Å²) in [6.07, 6.45) is 2.43. The molecule has 2 rings (SSSR count). The largest absolute Gasteiger partial charge is 0.508 e. The Morgan fingerprint density at radius 3 is 2.52 bits per heavy atom. The number of aryl methyl sites for hydroxylation is 1. The summed E-state index contributed by atoms with van der Waals surface area (Å²) in [6, 6.07) is 10.0. The van der Waals surface area contributed by atoms with Crippen LogP contribution in [-0.4, -0.2) is 16.0 Å².